The van der Waals surface area contributed by atoms with Gasteiger partial charge in [0.05, 0.1) is 43.4 Å². The van der Waals surface area contributed by atoms with Gasteiger partial charge in [-0.2, -0.15) is 15.2 Å². The lowest BCUT2D eigenvalue weighted by Gasteiger charge is -2.38. The van der Waals surface area contributed by atoms with Gasteiger partial charge in [-0.1, -0.05) is 43.3 Å². The Labute approximate surface area is 286 Å². The predicted octanol–water partition coefficient (Wildman–Crippen LogP) is 6.95. The number of amides is 2. The fourth-order valence-electron chi connectivity index (χ4n) is 5.52. The molecule has 0 bridgehead atoms. The summed E-state index contributed by atoms with van der Waals surface area (Å²) in [4.78, 5) is 40.9. The maximum absolute atomic E-state index is 13.9. The highest BCUT2D eigenvalue weighted by molar-refractivity contribution is 7.44. The van der Waals surface area contributed by atoms with Crippen molar-refractivity contribution >= 4 is 49.0 Å². The van der Waals surface area contributed by atoms with Crippen LogP contribution in [0.5, 0.6) is 5.88 Å². The average Bonchev–Trinajstić information content (AvgIpc) is 3.64. The minimum atomic E-state index is -1.58. The summed E-state index contributed by atoms with van der Waals surface area (Å²) in [7, 11) is -1.58. The van der Waals surface area contributed by atoms with E-state index in [-0.39, 0.29) is 54.0 Å². The zero-order valence-electron chi connectivity index (χ0n) is 28.4. The third kappa shape index (κ3) is 8.39. The second-order valence-electron chi connectivity index (χ2n) is 12.0. The third-order valence-electron chi connectivity index (χ3n) is 7.59. The lowest BCUT2D eigenvalue weighted by atomic mass is 10.1. The molecule has 15 heteroatoms. The van der Waals surface area contributed by atoms with Crippen molar-refractivity contribution in [2.45, 2.75) is 72.4 Å². The van der Waals surface area contributed by atoms with E-state index in [1.54, 1.807) is 28.8 Å². The van der Waals surface area contributed by atoms with Gasteiger partial charge >= 0.3 is 6.09 Å². The highest BCUT2D eigenvalue weighted by Crippen LogP contribution is 2.51. The molecule has 3 heterocycles. The first kappa shape index (κ1) is 35.8. The number of aromatic nitrogens is 4. The van der Waals surface area contributed by atoms with E-state index in [1.165, 1.54) is 18.2 Å². The molecule has 0 radical (unpaired) electrons. The van der Waals surface area contributed by atoms with Gasteiger partial charge in [0, 0.05) is 24.9 Å². The van der Waals surface area contributed by atoms with E-state index in [0.717, 1.165) is 0 Å². The second-order valence-corrected chi connectivity index (χ2v) is 13.5. The molecule has 1 saturated heterocycles. The quantitative estimate of drug-likeness (QED) is 0.115. The van der Waals surface area contributed by atoms with Crippen LogP contribution in [0, 0.1) is 17.2 Å². The molecule has 2 aromatic carbocycles. The predicted molar refractivity (Wildman–Crippen MR) is 185 cm³/mol. The minimum absolute atomic E-state index is 0.0487. The molecule has 0 spiro atoms. The van der Waals surface area contributed by atoms with E-state index in [0.29, 0.717) is 18.0 Å². The Morgan fingerprint density at radius 1 is 1.06 bits per heavy atom. The molecule has 14 nitrogen and oxygen atoms in total. The molecule has 5 rings (SSSR count). The molecule has 1 fully saturated rings. The first-order valence-corrected chi connectivity index (χ1v) is 17.2. The monoisotopic (exact) mass is 688 g/mol. The summed E-state index contributed by atoms with van der Waals surface area (Å²) in [6.07, 6.45) is -0.173. The molecule has 2 amide bonds. The van der Waals surface area contributed by atoms with Crippen LogP contribution in [-0.2, 0) is 18.6 Å². The molecule has 0 aliphatic carbocycles. The van der Waals surface area contributed by atoms with Crippen LogP contribution in [0.15, 0.2) is 67.0 Å². The number of carbonyl (C=O) groups excluding carboxylic acids is 2. The Kier molecular flexibility index (Phi) is 11.9. The van der Waals surface area contributed by atoms with E-state index in [2.05, 4.69) is 58.7 Å². The Morgan fingerprint density at radius 2 is 1.69 bits per heavy atom. The summed E-state index contributed by atoms with van der Waals surface area (Å²) >= 11 is 0. The van der Waals surface area contributed by atoms with Crippen LogP contribution in [0.25, 0.3) is 11.2 Å². The highest BCUT2D eigenvalue weighted by Gasteiger charge is 2.42. The molecule has 2 aromatic heterocycles. The van der Waals surface area contributed by atoms with Crippen molar-refractivity contribution in [2.75, 3.05) is 23.4 Å². The standard InChI is InChI=1S/C34H41N8O6P/c1-22(2)42(23(3)4)49(46-19-13-18-35)48-29-24(5)20-45-32(29)40-21-36-28-30(40)38-33(37-25(6)43)39-31(28)47-34(44)41(26-14-9-7-10-15-26)27-16-11-8-12-17-27/h7-12,14-17,21-24,29,32H,13,19-20H2,1-6H3,(H,37,38,39,43)/t24-,29?,32-,49?/m1/s1. The van der Waals surface area contributed by atoms with Crippen molar-refractivity contribution in [1.29, 1.82) is 5.26 Å². The zero-order valence-corrected chi connectivity index (χ0v) is 29.3. The number of fused-ring (bicyclic) bond motifs is 1. The van der Waals surface area contributed by atoms with Crippen LogP contribution in [0.4, 0.5) is 22.1 Å². The van der Waals surface area contributed by atoms with Crippen molar-refractivity contribution in [1.82, 2.24) is 24.2 Å². The summed E-state index contributed by atoms with van der Waals surface area (Å²) in [6.45, 7) is 12.2. The van der Waals surface area contributed by atoms with E-state index >= 15 is 0 Å². The SMILES string of the molecule is CC(=O)Nc1nc(OC(=O)N(c2ccccc2)c2ccccc2)c2ncn([C@@H]3OC[C@@H](C)C3OP(OCCC#N)N(C(C)C)C(C)C)c2n1. The van der Waals surface area contributed by atoms with Gasteiger partial charge in [0.2, 0.25) is 11.9 Å². The van der Waals surface area contributed by atoms with Crippen LogP contribution < -0.4 is 15.0 Å². The topological polar surface area (TPSA) is 157 Å². The first-order chi connectivity index (χ1) is 23.6. The molecular formula is C34H41N8O6P. The summed E-state index contributed by atoms with van der Waals surface area (Å²) in [6, 6.07) is 20.5. The fraction of sp³-hybridized carbons (Fsp3) is 0.412. The maximum Gasteiger partial charge on any atom is 0.425 e. The lowest BCUT2D eigenvalue weighted by molar-refractivity contribution is -0.114. The molecule has 4 aromatic rings. The van der Waals surface area contributed by atoms with Gasteiger partial charge in [-0.05, 0) is 52.0 Å². The number of benzene rings is 2. The van der Waals surface area contributed by atoms with Crippen LogP contribution >= 0.6 is 8.53 Å². The van der Waals surface area contributed by atoms with Crippen molar-refractivity contribution in [3.05, 3.63) is 67.0 Å². The van der Waals surface area contributed by atoms with Gasteiger partial charge < -0.3 is 18.5 Å². The number of nitrogens with one attached hydrogen (secondary N) is 1. The largest absolute Gasteiger partial charge is 0.425 e. The molecule has 1 aliphatic rings. The number of anilines is 3. The molecule has 258 valence electrons. The zero-order chi connectivity index (χ0) is 35.1. The van der Waals surface area contributed by atoms with Crippen molar-refractivity contribution < 1.29 is 28.1 Å². The smallest absolute Gasteiger partial charge is 0.388 e. The molecule has 2 unspecified atom stereocenters. The maximum atomic E-state index is 13.9. The van der Waals surface area contributed by atoms with E-state index in [1.807, 2.05) is 43.3 Å². The molecule has 1 N–H and O–H groups in total. The van der Waals surface area contributed by atoms with Crippen LogP contribution in [0.3, 0.4) is 0 Å². The molecule has 49 heavy (non-hydrogen) atoms. The molecule has 1 aliphatic heterocycles. The average molecular weight is 689 g/mol. The number of nitriles is 1. The number of imidazole rings is 1. The number of nitrogens with zero attached hydrogens (tertiary/aromatic N) is 7. The molecule has 4 atom stereocenters. The van der Waals surface area contributed by atoms with E-state index in [9.17, 15) is 9.59 Å². The fourth-order valence-corrected chi connectivity index (χ4v) is 7.34. The van der Waals surface area contributed by atoms with Gasteiger partial charge in [-0.25, -0.2) is 19.3 Å². The molecule has 0 saturated carbocycles. The summed E-state index contributed by atoms with van der Waals surface area (Å²) in [5.41, 5.74) is 1.61. The number of para-hydroxylation sites is 2. The summed E-state index contributed by atoms with van der Waals surface area (Å²) in [5, 5.41) is 11.8. The van der Waals surface area contributed by atoms with Crippen LogP contribution in [-0.4, -0.2) is 67.6 Å². The summed E-state index contributed by atoms with van der Waals surface area (Å²) in [5.74, 6) is -0.683. The normalized spacial score (nSPS) is 18.2. The molecular weight excluding hydrogens is 647 g/mol. The number of carbonyl (C=O) groups is 2. The Balaban J connectivity index is 1.52. The summed E-state index contributed by atoms with van der Waals surface area (Å²) < 4.78 is 29.0. The Hall–Kier alpha value is -4.51. The van der Waals surface area contributed by atoms with E-state index < -0.39 is 32.9 Å². The lowest BCUT2D eigenvalue weighted by Crippen LogP contribution is -2.36. The first-order valence-electron chi connectivity index (χ1n) is 16.1. The Morgan fingerprint density at radius 3 is 2.27 bits per heavy atom. The van der Waals surface area contributed by atoms with Gasteiger partial charge in [0.15, 0.2) is 17.4 Å². The van der Waals surface area contributed by atoms with Crippen LogP contribution in [0.1, 0.15) is 54.2 Å². The second kappa shape index (κ2) is 16.3. The van der Waals surface area contributed by atoms with E-state index in [4.69, 9.17) is 23.8 Å². The highest BCUT2D eigenvalue weighted by atomic mass is 31.2. The van der Waals surface area contributed by atoms with Gasteiger partial charge in [0.1, 0.15) is 6.10 Å². The van der Waals surface area contributed by atoms with Gasteiger partial charge in [0.25, 0.3) is 14.4 Å². The minimum Gasteiger partial charge on any atom is -0.388 e. The van der Waals surface area contributed by atoms with Crippen molar-refractivity contribution in [3.8, 4) is 11.9 Å². The van der Waals surface area contributed by atoms with Crippen molar-refractivity contribution in [3.63, 3.8) is 0 Å². The third-order valence-corrected chi connectivity index (χ3v) is 9.72. The number of ether oxygens (including phenoxy) is 2. The van der Waals surface area contributed by atoms with Gasteiger partial charge in [-0.15, -0.1) is 0 Å². The Bertz CT molecular complexity index is 1720. The number of rotatable bonds is 13. The number of hydrogen-bond acceptors (Lipinski definition) is 11. The van der Waals surface area contributed by atoms with Crippen molar-refractivity contribution in [2.24, 2.45) is 5.92 Å². The number of hydrogen-bond donors (Lipinski definition) is 1. The van der Waals surface area contributed by atoms with Gasteiger partial charge in [-0.3, -0.25) is 14.7 Å². The van der Waals surface area contributed by atoms with Crippen LogP contribution in [0.2, 0.25) is 0 Å².